The van der Waals surface area contributed by atoms with Gasteiger partial charge >= 0.3 is 0 Å². The molecule has 0 N–H and O–H groups in total. The fraction of sp³-hybridized carbons (Fsp3) is 0.938. The summed E-state index contributed by atoms with van der Waals surface area (Å²) in [6.45, 7) is 0. The molecule has 0 aromatic carbocycles. The van der Waals surface area contributed by atoms with E-state index in [0.29, 0.717) is 0 Å². The Labute approximate surface area is 105 Å². The maximum Gasteiger partial charge on any atom is 0.0624 e. The highest BCUT2D eigenvalue weighted by molar-refractivity contribution is 5.03. The van der Waals surface area contributed by atoms with E-state index in [2.05, 4.69) is 6.07 Å². The maximum absolute atomic E-state index is 9.12. The van der Waals surface area contributed by atoms with E-state index in [9.17, 15) is 0 Å². The van der Waals surface area contributed by atoms with Crippen molar-refractivity contribution in [1.82, 2.24) is 0 Å². The Morgan fingerprint density at radius 1 is 0.941 bits per heavy atom. The van der Waals surface area contributed by atoms with E-state index in [1.165, 1.54) is 38.5 Å². The second-order valence-corrected chi connectivity index (χ2v) is 7.37. The van der Waals surface area contributed by atoms with Crippen molar-refractivity contribution in [3.8, 4) is 6.07 Å². The van der Waals surface area contributed by atoms with Crippen LogP contribution in [0.2, 0.25) is 0 Å². The minimum absolute atomic E-state index is 0.787. The van der Waals surface area contributed by atoms with E-state index in [-0.39, 0.29) is 0 Å². The first-order chi connectivity index (χ1) is 8.35. The van der Waals surface area contributed by atoms with Gasteiger partial charge in [-0.25, -0.2) is 0 Å². The molecule has 0 spiro atoms. The van der Waals surface area contributed by atoms with Crippen molar-refractivity contribution in [2.75, 3.05) is 0 Å². The summed E-state index contributed by atoms with van der Waals surface area (Å²) >= 11 is 0. The molecule has 0 aromatic heterocycles. The quantitative estimate of drug-likeness (QED) is 0.717. The zero-order valence-corrected chi connectivity index (χ0v) is 10.6. The average Bonchev–Trinajstić information content (AvgIpc) is 3.10. The summed E-state index contributed by atoms with van der Waals surface area (Å²) in [6.07, 6.45) is 11.3. The molecule has 5 fully saturated rings. The lowest BCUT2D eigenvalue weighted by atomic mass is 9.49. The van der Waals surface area contributed by atoms with Crippen molar-refractivity contribution < 1.29 is 0 Å². The van der Waals surface area contributed by atoms with Crippen LogP contribution in [-0.2, 0) is 0 Å². The summed E-state index contributed by atoms with van der Waals surface area (Å²) < 4.78 is 0. The predicted molar refractivity (Wildman–Crippen MR) is 67.0 cm³/mol. The first kappa shape index (κ1) is 10.4. The third-order valence-corrected chi connectivity index (χ3v) is 6.35. The second-order valence-electron chi connectivity index (χ2n) is 7.37. The van der Waals surface area contributed by atoms with Gasteiger partial charge in [0.05, 0.1) is 6.07 Å². The first-order valence-electron chi connectivity index (χ1n) is 7.72. The van der Waals surface area contributed by atoms with Gasteiger partial charge in [0.15, 0.2) is 0 Å². The highest BCUT2D eigenvalue weighted by atomic mass is 14.6. The molecule has 5 aliphatic carbocycles. The van der Waals surface area contributed by atoms with Crippen LogP contribution in [0.1, 0.15) is 51.4 Å². The molecule has 5 rings (SSSR count). The van der Waals surface area contributed by atoms with Crippen LogP contribution < -0.4 is 0 Å². The normalized spacial score (nSPS) is 49.0. The van der Waals surface area contributed by atoms with Crippen molar-refractivity contribution in [3.05, 3.63) is 0 Å². The lowest BCUT2D eigenvalue weighted by Crippen LogP contribution is -2.48. The molecule has 0 aromatic rings. The van der Waals surface area contributed by atoms with Crippen LogP contribution in [0.25, 0.3) is 0 Å². The van der Waals surface area contributed by atoms with Crippen molar-refractivity contribution in [1.29, 1.82) is 5.26 Å². The van der Waals surface area contributed by atoms with Crippen LogP contribution in [0.5, 0.6) is 0 Å². The molecule has 0 amide bonds. The highest BCUT2D eigenvalue weighted by Gasteiger charge is 2.52. The van der Waals surface area contributed by atoms with Gasteiger partial charge in [0, 0.05) is 6.42 Å². The van der Waals surface area contributed by atoms with Crippen LogP contribution in [0, 0.1) is 52.8 Å². The molecule has 1 atom stereocenters. The molecule has 0 radical (unpaired) electrons. The molecule has 1 nitrogen and oxygen atoms in total. The average molecular weight is 229 g/mol. The third-order valence-electron chi connectivity index (χ3n) is 6.35. The molecular formula is C16H23N. The van der Waals surface area contributed by atoms with E-state index in [0.717, 1.165) is 47.8 Å². The van der Waals surface area contributed by atoms with E-state index in [1.54, 1.807) is 6.42 Å². The largest absolute Gasteiger partial charge is 0.198 e. The summed E-state index contributed by atoms with van der Waals surface area (Å²) in [5, 5.41) is 9.12. The van der Waals surface area contributed by atoms with Gasteiger partial charge in [0.2, 0.25) is 0 Å². The van der Waals surface area contributed by atoms with Gasteiger partial charge in [-0.15, -0.1) is 0 Å². The van der Waals surface area contributed by atoms with Crippen LogP contribution >= 0.6 is 0 Å². The van der Waals surface area contributed by atoms with Crippen LogP contribution in [-0.4, -0.2) is 0 Å². The molecule has 0 aliphatic heterocycles. The first-order valence-corrected chi connectivity index (χ1v) is 7.72. The molecule has 92 valence electrons. The Hall–Kier alpha value is -0.510. The number of nitriles is 1. The van der Waals surface area contributed by atoms with E-state index < -0.39 is 0 Å². The van der Waals surface area contributed by atoms with Crippen LogP contribution in [0.15, 0.2) is 0 Å². The Morgan fingerprint density at radius 2 is 1.53 bits per heavy atom. The SMILES string of the molecule is N#CCC(C1CC1)C1C2CC3CC(C2)CC1C3. The Morgan fingerprint density at radius 3 is 2.00 bits per heavy atom. The zero-order chi connectivity index (χ0) is 11.4. The Kier molecular flexibility index (Phi) is 2.29. The van der Waals surface area contributed by atoms with Crippen molar-refractivity contribution in [2.45, 2.75) is 51.4 Å². The smallest absolute Gasteiger partial charge is 0.0624 e. The molecular weight excluding hydrogens is 206 g/mol. The van der Waals surface area contributed by atoms with Crippen molar-refractivity contribution in [3.63, 3.8) is 0 Å². The van der Waals surface area contributed by atoms with Gasteiger partial charge in [-0.05, 0) is 86.4 Å². The standard InChI is InChI=1S/C16H23N/c17-4-3-15(12-1-2-12)16-13-6-10-5-11(8-13)9-14(16)7-10/h10-16H,1-3,5-9H2. The third kappa shape index (κ3) is 1.64. The van der Waals surface area contributed by atoms with Crippen LogP contribution in [0.3, 0.4) is 0 Å². The van der Waals surface area contributed by atoms with E-state index >= 15 is 0 Å². The number of nitrogens with zero attached hydrogens (tertiary/aromatic N) is 1. The minimum Gasteiger partial charge on any atom is -0.198 e. The molecule has 4 bridgehead atoms. The minimum atomic E-state index is 0.787. The second kappa shape index (κ2) is 3.74. The predicted octanol–water partition coefficient (Wildman–Crippen LogP) is 4.00. The zero-order valence-electron chi connectivity index (χ0n) is 10.6. The van der Waals surface area contributed by atoms with E-state index in [4.69, 9.17) is 5.26 Å². The summed E-state index contributed by atoms with van der Waals surface area (Å²) in [7, 11) is 0. The van der Waals surface area contributed by atoms with Gasteiger partial charge in [-0.2, -0.15) is 5.26 Å². The molecule has 1 unspecified atom stereocenters. The Bertz CT molecular complexity index is 321. The monoisotopic (exact) mass is 229 g/mol. The number of hydrogen-bond donors (Lipinski definition) is 0. The van der Waals surface area contributed by atoms with Gasteiger partial charge in [-0.3, -0.25) is 0 Å². The molecule has 0 saturated heterocycles. The van der Waals surface area contributed by atoms with Gasteiger partial charge < -0.3 is 0 Å². The van der Waals surface area contributed by atoms with Crippen molar-refractivity contribution >= 4 is 0 Å². The Balaban J connectivity index is 1.58. The number of hydrogen-bond acceptors (Lipinski definition) is 1. The van der Waals surface area contributed by atoms with Crippen LogP contribution in [0.4, 0.5) is 0 Å². The van der Waals surface area contributed by atoms with Gasteiger partial charge in [0.25, 0.3) is 0 Å². The molecule has 1 heteroatoms. The molecule has 5 aliphatic rings. The molecule has 0 heterocycles. The van der Waals surface area contributed by atoms with Gasteiger partial charge in [-0.1, -0.05) is 0 Å². The maximum atomic E-state index is 9.12. The van der Waals surface area contributed by atoms with E-state index in [1.807, 2.05) is 0 Å². The fourth-order valence-electron chi connectivity index (χ4n) is 5.91. The van der Waals surface area contributed by atoms with Crippen molar-refractivity contribution in [2.24, 2.45) is 41.4 Å². The van der Waals surface area contributed by atoms with Gasteiger partial charge in [0.1, 0.15) is 0 Å². The summed E-state index contributed by atoms with van der Waals surface area (Å²) in [4.78, 5) is 0. The summed E-state index contributed by atoms with van der Waals surface area (Å²) in [5.74, 6) is 6.88. The lowest BCUT2D eigenvalue weighted by Gasteiger charge is -2.56. The number of rotatable bonds is 3. The summed E-state index contributed by atoms with van der Waals surface area (Å²) in [6, 6.07) is 2.50. The highest BCUT2D eigenvalue weighted by Crippen LogP contribution is 2.61. The molecule has 5 saturated carbocycles. The fourth-order valence-corrected chi connectivity index (χ4v) is 5.91. The lowest BCUT2D eigenvalue weighted by molar-refractivity contribution is -0.0649. The summed E-state index contributed by atoms with van der Waals surface area (Å²) in [5.41, 5.74) is 0. The topological polar surface area (TPSA) is 23.8 Å². The molecule has 17 heavy (non-hydrogen) atoms.